The van der Waals surface area contributed by atoms with E-state index >= 15 is 0 Å². The first-order valence-electron chi connectivity index (χ1n) is 9.13. The molecular formula is C21H23ClN4O4. The lowest BCUT2D eigenvalue weighted by atomic mass is 10.2. The van der Waals surface area contributed by atoms with Gasteiger partial charge in [0.2, 0.25) is 12.4 Å². The molecule has 158 valence electrons. The Balaban J connectivity index is 2.32. The molecular weight excluding hydrogens is 408 g/mol. The number of guanidine groups is 1. The summed E-state index contributed by atoms with van der Waals surface area (Å²) in [4.78, 5) is 42.0. The number of aromatic carboxylic acids is 1. The maximum atomic E-state index is 12.5. The molecule has 2 rings (SSSR count). The molecule has 9 heteroatoms. The van der Waals surface area contributed by atoms with Gasteiger partial charge in [-0.3, -0.25) is 15.0 Å². The summed E-state index contributed by atoms with van der Waals surface area (Å²) in [5.41, 5.74) is 1.50. The zero-order chi connectivity index (χ0) is 22.3. The summed E-state index contributed by atoms with van der Waals surface area (Å²) in [7, 11) is 1.74. The summed E-state index contributed by atoms with van der Waals surface area (Å²) in [5.74, 6) is -0.844. The highest BCUT2D eigenvalue weighted by Crippen LogP contribution is 2.15. The fraction of sp³-hybridized carbons (Fsp3) is 0.238. The second-order valence-corrected chi connectivity index (χ2v) is 7.24. The van der Waals surface area contributed by atoms with E-state index in [1.54, 1.807) is 37.9 Å². The Labute approximate surface area is 179 Å². The van der Waals surface area contributed by atoms with Gasteiger partial charge in [-0.25, -0.2) is 14.6 Å². The number of carboxylic acid groups (broad SMARTS) is 1. The first kappa shape index (κ1) is 22.9. The van der Waals surface area contributed by atoms with E-state index in [1.165, 1.54) is 24.3 Å². The number of aliphatic imine (C=N–C) groups is 1. The molecule has 0 aliphatic heterocycles. The minimum atomic E-state index is -1.04. The molecule has 0 fully saturated rings. The second-order valence-electron chi connectivity index (χ2n) is 6.81. The zero-order valence-electron chi connectivity index (χ0n) is 16.9. The number of carboxylic acids is 1. The number of urea groups is 1. The smallest absolute Gasteiger partial charge is 0.335 e. The molecule has 0 heterocycles. The van der Waals surface area contributed by atoms with Crippen LogP contribution in [0.2, 0.25) is 5.02 Å². The number of carbonyl (C=O) groups excluding carboxylic acids is 2. The van der Waals surface area contributed by atoms with E-state index in [4.69, 9.17) is 16.7 Å². The van der Waals surface area contributed by atoms with Crippen molar-refractivity contribution in [3.05, 3.63) is 64.7 Å². The molecule has 2 aromatic carbocycles. The quantitative estimate of drug-likeness (QED) is 0.413. The fourth-order valence-electron chi connectivity index (χ4n) is 2.51. The highest BCUT2D eigenvalue weighted by atomic mass is 35.5. The molecule has 2 aromatic rings. The van der Waals surface area contributed by atoms with Crippen molar-refractivity contribution in [3.63, 3.8) is 0 Å². The number of nitrogens with zero attached hydrogens (tertiary/aromatic N) is 3. The number of amides is 3. The van der Waals surface area contributed by atoms with Crippen LogP contribution >= 0.6 is 11.6 Å². The molecule has 0 aliphatic carbocycles. The third-order valence-corrected chi connectivity index (χ3v) is 4.42. The molecule has 0 aliphatic rings. The summed E-state index contributed by atoms with van der Waals surface area (Å²) in [6, 6.07) is 12.2. The largest absolute Gasteiger partial charge is 0.478 e. The van der Waals surface area contributed by atoms with Gasteiger partial charge in [-0.1, -0.05) is 23.7 Å². The summed E-state index contributed by atoms with van der Waals surface area (Å²) in [5, 5.41) is 12.3. The van der Waals surface area contributed by atoms with Crippen molar-refractivity contribution in [2.75, 3.05) is 7.05 Å². The molecule has 0 saturated heterocycles. The Bertz CT molecular complexity index is 927. The summed E-state index contributed by atoms with van der Waals surface area (Å²) >= 11 is 5.93. The van der Waals surface area contributed by atoms with Crippen LogP contribution in [-0.4, -0.2) is 52.4 Å². The number of imide groups is 1. The third-order valence-electron chi connectivity index (χ3n) is 4.17. The van der Waals surface area contributed by atoms with E-state index in [0.29, 0.717) is 23.7 Å². The van der Waals surface area contributed by atoms with Crippen LogP contribution in [-0.2, 0) is 11.3 Å². The Hall–Kier alpha value is -3.39. The topological polar surface area (TPSA) is 102 Å². The number of nitrogens with one attached hydrogen (secondary N) is 1. The van der Waals surface area contributed by atoms with Gasteiger partial charge in [-0.15, -0.1) is 0 Å². The Morgan fingerprint density at radius 3 is 2.23 bits per heavy atom. The normalized spacial score (nSPS) is 11.2. The Morgan fingerprint density at radius 1 is 1.13 bits per heavy atom. The minimum Gasteiger partial charge on any atom is -0.478 e. The average Bonchev–Trinajstić information content (AvgIpc) is 2.69. The van der Waals surface area contributed by atoms with Crippen molar-refractivity contribution in [1.82, 2.24) is 15.1 Å². The van der Waals surface area contributed by atoms with Crippen molar-refractivity contribution in [2.45, 2.75) is 26.4 Å². The molecule has 2 N–H and O–H groups in total. The van der Waals surface area contributed by atoms with E-state index in [0.717, 1.165) is 10.5 Å². The molecule has 0 bridgehead atoms. The Kier molecular flexibility index (Phi) is 7.94. The zero-order valence-corrected chi connectivity index (χ0v) is 17.6. The van der Waals surface area contributed by atoms with E-state index in [9.17, 15) is 14.4 Å². The monoisotopic (exact) mass is 430 g/mol. The average molecular weight is 431 g/mol. The molecule has 3 amide bonds. The maximum absolute atomic E-state index is 12.5. The molecule has 8 nitrogen and oxygen atoms in total. The van der Waals surface area contributed by atoms with Gasteiger partial charge in [0.1, 0.15) is 0 Å². The van der Waals surface area contributed by atoms with Crippen molar-refractivity contribution < 1.29 is 19.5 Å². The molecule has 0 aromatic heterocycles. The molecule has 0 radical (unpaired) electrons. The summed E-state index contributed by atoms with van der Waals surface area (Å²) in [6.07, 6.45) is 0.457. The highest BCUT2D eigenvalue weighted by Gasteiger charge is 2.20. The standard InChI is InChI=1S/C21H23ClN4O4/c1-14(2)26(13-27)21(30)24-20(23-18-10-6-16(7-11-18)19(28)29)25(3)12-15-4-8-17(22)9-5-15/h4-11,13-14H,12H2,1-3H3,(H,28,29)(H,23,24,30). The van der Waals surface area contributed by atoms with Crippen molar-refractivity contribution >= 4 is 41.7 Å². The van der Waals surface area contributed by atoms with Gasteiger partial charge in [0.15, 0.2) is 0 Å². The predicted molar refractivity (Wildman–Crippen MR) is 115 cm³/mol. The lowest BCUT2D eigenvalue weighted by Gasteiger charge is -2.25. The van der Waals surface area contributed by atoms with Gasteiger partial charge in [-0.05, 0) is 55.8 Å². The number of benzene rings is 2. The number of hydrogen-bond acceptors (Lipinski definition) is 4. The van der Waals surface area contributed by atoms with E-state index in [2.05, 4.69) is 10.3 Å². The SMILES string of the molecule is CC(C)N(C=O)C(=O)NC(=Nc1ccc(C(=O)O)cc1)N(C)Cc1ccc(Cl)cc1. The van der Waals surface area contributed by atoms with Crippen LogP contribution in [0.15, 0.2) is 53.5 Å². The molecule has 0 unspecified atom stereocenters. The van der Waals surface area contributed by atoms with E-state index in [1.807, 2.05) is 12.1 Å². The lowest BCUT2D eigenvalue weighted by molar-refractivity contribution is -0.116. The first-order chi connectivity index (χ1) is 14.2. The highest BCUT2D eigenvalue weighted by molar-refractivity contribution is 6.30. The van der Waals surface area contributed by atoms with Gasteiger partial charge in [-0.2, -0.15) is 0 Å². The number of rotatable bonds is 6. The van der Waals surface area contributed by atoms with Crippen LogP contribution in [0.3, 0.4) is 0 Å². The van der Waals surface area contributed by atoms with Gasteiger partial charge < -0.3 is 10.0 Å². The number of carbonyl (C=O) groups is 3. The van der Waals surface area contributed by atoms with Crippen LogP contribution in [0.25, 0.3) is 0 Å². The van der Waals surface area contributed by atoms with Crippen LogP contribution < -0.4 is 5.32 Å². The predicted octanol–water partition coefficient (Wildman–Crippen LogP) is 3.73. The van der Waals surface area contributed by atoms with E-state index < -0.39 is 12.0 Å². The molecule has 30 heavy (non-hydrogen) atoms. The number of hydrogen-bond donors (Lipinski definition) is 2. The van der Waals surface area contributed by atoms with Gasteiger partial charge >= 0.3 is 12.0 Å². The summed E-state index contributed by atoms with van der Waals surface area (Å²) in [6.45, 7) is 3.84. The molecule has 0 atom stereocenters. The summed E-state index contributed by atoms with van der Waals surface area (Å²) < 4.78 is 0. The minimum absolute atomic E-state index is 0.126. The van der Waals surface area contributed by atoms with E-state index in [-0.39, 0.29) is 17.6 Å². The van der Waals surface area contributed by atoms with Crippen LogP contribution in [0.4, 0.5) is 10.5 Å². The van der Waals surface area contributed by atoms with Gasteiger partial charge in [0.05, 0.1) is 11.3 Å². The third kappa shape index (κ3) is 6.31. The van der Waals surface area contributed by atoms with Crippen LogP contribution in [0.5, 0.6) is 0 Å². The van der Waals surface area contributed by atoms with Gasteiger partial charge in [0.25, 0.3) is 0 Å². The fourth-order valence-corrected chi connectivity index (χ4v) is 2.64. The van der Waals surface area contributed by atoms with Crippen LogP contribution in [0.1, 0.15) is 29.8 Å². The van der Waals surface area contributed by atoms with Gasteiger partial charge in [0, 0.05) is 24.7 Å². The van der Waals surface area contributed by atoms with Crippen LogP contribution in [0, 0.1) is 0 Å². The number of halogens is 1. The molecule has 0 saturated carbocycles. The lowest BCUT2D eigenvalue weighted by Crippen LogP contribution is -2.49. The maximum Gasteiger partial charge on any atom is 0.335 e. The van der Waals surface area contributed by atoms with Crippen molar-refractivity contribution in [1.29, 1.82) is 0 Å². The second kappa shape index (κ2) is 10.4. The van der Waals surface area contributed by atoms with Crippen molar-refractivity contribution in [2.24, 2.45) is 4.99 Å². The van der Waals surface area contributed by atoms with Crippen molar-refractivity contribution in [3.8, 4) is 0 Å². The molecule has 0 spiro atoms. The first-order valence-corrected chi connectivity index (χ1v) is 9.51. The Morgan fingerprint density at radius 2 is 1.73 bits per heavy atom.